The predicted octanol–water partition coefficient (Wildman–Crippen LogP) is 1.34. The molecule has 1 aromatic rings. The summed E-state index contributed by atoms with van der Waals surface area (Å²) >= 11 is 0. The van der Waals surface area contributed by atoms with Crippen molar-refractivity contribution in [1.82, 2.24) is 4.98 Å². The van der Waals surface area contributed by atoms with Crippen LogP contribution in [0.3, 0.4) is 0 Å². The van der Waals surface area contributed by atoms with Crippen molar-refractivity contribution in [1.29, 1.82) is 0 Å². The van der Waals surface area contributed by atoms with Crippen LogP contribution in [0.5, 0.6) is 0 Å². The number of nitrogens with zero attached hydrogens (tertiary/aromatic N) is 2. The fourth-order valence-corrected chi connectivity index (χ4v) is 2.29. The first-order valence-corrected chi connectivity index (χ1v) is 6.20. The van der Waals surface area contributed by atoms with Gasteiger partial charge in [0.15, 0.2) is 0 Å². The molecule has 0 spiro atoms. The Morgan fingerprint density at radius 2 is 2.35 bits per heavy atom. The van der Waals surface area contributed by atoms with E-state index in [4.69, 9.17) is 5.11 Å². The highest BCUT2D eigenvalue weighted by atomic mass is 16.3. The summed E-state index contributed by atoms with van der Waals surface area (Å²) in [6, 6.07) is 3.88. The smallest absolute Gasteiger partial charge is 0.128 e. The minimum Gasteiger partial charge on any atom is -0.396 e. The van der Waals surface area contributed by atoms with E-state index < -0.39 is 6.10 Å². The summed E-state index contributed by atoms with van der Waals surface area (Å²) in [5.41, 5.74) is 0.847. The molecule has 17 heavy (non-hydrogen) atoms. The molecule has 0 radical (unpaired) electrons. The van der Waals surface area contributed by atoms with Crippen molar-refractivity contribution in [3.05, 3.63) is 23.9 Å². The monoisotopic (exact) mass is 236 g/mol. The maximum atomic E-state index is 9.41. The molecular formula is C13H20N2O2. The molecule has 0 saturated carbocycles. The summed E-state index contributed by atoms with van der Waals surface area (Å²) in [6.45, 7) is 3.99. The van der Waals surface area contributed by atoms with Crippen LogP contribution in [0.1, 0.15) is 31.4 Å². The molecule has 0 aromatic carbocycles. The van der Waals surface area contributed by atoms with Gasteiger partial charge in [-0.1, -0.05) is 6.07 Å². The van der Waals surface area contributed by atoms with E-state index in [0.717, 1.165) is 37.3 Å². The van der Waals surface area contributed by atoms with Gasteiger partial charge in [0.1, 0.15) is 5.82 Å². The van der Waals surface area contributed by atoms with Gasteiger partial charge in [-0.05, 0) is 37.3 Å². The van der Waals surface area contributed by atoms with Gasteiger partial charge < -0.3 is 15.1 Å². The van der Waals surface area contributed by atoms with Crippen LogP contribution < -0.4 is 4.90 Å². The number of aliphatic hydroxyl groups excluding tert-OH is 2. The molecule has 1 saturated heterocycles. The molecular weight excluding hydrogens is 216 g/mol. The Morgan fingerprint density at radius 3 is 2.94 bits per heavy atom. The summed E-state index contributed by atoms with van der Waals surface area (Å²) < 4.78 is 0. The Bertz CT molecular complexity index is 351. The number of anilines is 1. The first-order chi connectivity index (χ1) is 8.20. The molecule has 2 heterocycles. The first kappa shape index (κ1) is 12.3. The lowest BCUT2D eigenvalue weighted by Gasteiger charge is -2.18. The molecule has 0 amide bonds. The average molecular weight is 236 g/mol. The van der Waals surface area contributed by atoms with Crippen LogP contribution in [0, 0.1) is 5.92 Å². The fraction of sp³-hybridized carbons (Fsp3) is 0.615. The molecule has 2 rings (SSSR count). The second-order valence-electron chi connectivity index (χ2n) is 4.74. The van der Waals surface area contributed by atoms with Crippen molar-refractivity contribution in [2.45, 2.75) is 25.9 Å². The molecule has 0 aliphatic carbocycles. The molecule has 2 N–H and O–H groups in total. The van der Waals surface area contributed by atoms with E-state index in [0.29, 0.717) is 5.92 Å². The van der Waals surface area contributed by atoms with Crippen molar-refractivity contribution >= 4 is 5.82 Å². The zero-order valence-electron chi connectivity index (χ0n) is 10.2. The molecule has 2 atom stereocenters. The second kappa shape index (κ2) is 5.47. The van der Waals surface area contributed by atoms with Crippen LogP contribution in [0.4, 0.5) is 5.82 Å². The maximum Gasteiger partial charge on any atom is 0.128 e. The van der Waals surface area contributed by atoms with E-state index in [-0.39, 0.29) is 6.61 Å². The molecule has 1 aromatic heterocycles. The fourth-order valence-electron chi connectivity index (χ4n) is 2.29. The summed E-state index contributed by atoms with van der Waals surface area (Å²) in [6.07, 6.45) is 3.28. The van der Waals surface area contributed by atoms with Gasteiger partial charge in [-0.15, -0.1) is 0 Å². The lowest BCUT2D eigenvalue weighted by atomic mass is 10.1. The summed E-state index contributed by atoms with van der Waals surface area (Å²) in [4.78, 5) is 6.62. The summed E-state index contributed by atoms with van der Waals surface area (Å²) in [5.74, 6) is 1.55. The van der Waals surface area contributed by atoms with Gasteiger partial charge in [-0.2, -0.15) is 0 Å². The Kier molecular flexibility index (Phi) is 3.97. The van der Waals surface area contributed by atoms with E-state index in [2.05, 4.69) is 9.88 Å². The second-order valence-corrected chi connectivity index (χ2v) is 4.74. The molecule has 0 bridgehead atoms. The topological polar surface area (TPSA) is 56.6 Å². The summed E-state index contributed by atoms with van der Waals surface area (Å²) in [5, 5.41) is 18.3. The van der Waals surface area contributed by atoms with Crippen molar-refractivity contribution in [2.75, 3.05) is 24.6 Å². The third-order valence-corrected chi connectivity index (χ3v) is 3.40. The molecule has 2 unspecified atom stereocenters. The van der Waals surface area contributed by atoms with Gasteiger partial charge in [0.05, 0.1) is 6.10 Å². The first-order valence-electron chi connectivity index (χ1n) is 6.20. The number of aliphatic hydroxyl groups is 2. The maximum absolute atomic E-state index is 9.41. The largest absolute Gasteiger partial charge is 0.396 e. The molecule has 1 fully saturated rings. The zero-order valence-corrected chi connectivity index (χ0v) is 10.2. The minimum absolute atomic E-state index is 0.271. The lowest BCUT2D eigenvalue weighted by Crippen LogP contribution is -2.21. The van der Waals surface area contributed by atoms with Crippen LogP contribution in [-0.2, 0) is 0 Å². The number of aromatic nitrogens is 1. The van der Waals surface area contributed by atoms with Crippen LogP contribution in [0.25, 0.3) is 0 Å². The third-order valence-electron chi connectivity index (χ3n) is 3.40. The molecule has 4 nitrogen and oxygen atoms in total. The van der Waals surface area contributed by atoms with E-state index in [1.54, 1.807) is 13.1 Å². The van der Waals surface area contributed by atoms with Gasteiger partial charge in [0.25, 0.3) is 0 Å². The van der Waals surface area contributed by atoms with Crippen LogP contribution in [0.2, 0.25) is 0 Å². The third kappa shape index (κ3) is 2.96. The van der Waals surface area contributed by atoms with Crippen molar-refractivity contribution in [3.63, 3.8) is 0 Å². The van der Waals surface area contributed by atoms with Crippen LogP contribution in [-0.4, -0.2) is 34.9 Å². The SMILES string of the molecule is CC(O)c1ccc(N2CCC(CCO)C2)nc1. The van der Waals surface area contributed by atoms with Crippen LogP contribution in [0.15, 0.2) is 18.3 Å². The minimum atomic E-state index is -0.461. The number of rotatable bonds is 4. The zero-order chi connectivity index (χ0) is 12.3. The summed E-state index contributed by atoms with van der Waals surface area (Å²) in [7, 11) is 0. The Labute approximate surface area is 102 Å². The Hall–Kier alpha value is -1.13. The van der Waals surface area contributed by atoms with Gasteiger partial charge in [-0.3, -0.25) is 0 Å². The average Bonchev–Trinajstić information content (AvgIpc) is 2.78. The highest BCUT2D eigenvalue weighted by molar-refractivity contribution is 5.40. The number of hydrogen-bond donors (Lipinski definition) is 2. The van der Waals surface area contributed by atoms with Gasteiger partial charge in [0.2, 0.25) is 0 Å². The highest BCUT2D eigenvalue weighted by Crippen LogP contribution is 2.24. The predicted molar refractivity (Wildman–Crippen MR) is 66.9 cm³/mol. The Balaban J connectivity index is 1.99. The van der Waals surface area contributed by atoms with Gasteiger partial charge in [-0.25, -0.2) is 4.98 Å². The highest BCUT2D eigenvalue weighted by Gasteiger charge is 2.22. The normalized spacial score (nSPS) is 21.8. The van der Waals surface area contributed by atoms with E-state index in [1.165, 1.54) is 0 Å². The molecule has 94 valence electrons. The number of pyridine rings is 1. The van der Waals surface area contributed by atoms with Crippen molar-refractivity contribution in [2.24, 2.45) is 5.92 Å². The van der Waals surface area contributed by atoms with E-state index >= 15 is 0 Å². The van der Waals surface area contributed by atoms with Gasteiger partial charge >= 0.3 is 0 Å². The molecule has 1 aliphatic heterocycles. The lowest BCUT2D eigenvalue weighted by molar-refractivity contribution is 0.199. The van der Waals surface area contributed by atoms with E-state index in [9.17, 15) is 5.11 Å². The van der Waals surface area contributed by atoms with Crippen molar-refractivity contribution < 1.29 is 10.2 Å². The number of hydrogen-bond acceptors (Lipinski definition) is 4. The van der Waals surface area contributed by atoms with Crippen LogP contribution >= 0.6 is 0 Å². The molecule has 1 aliphatic rings. The quantitative estimate of drug-likeness (QED) is 0.828. The van der Waals surface area contributed by atoms with Crippen molar-refractivity contribution in [3.8, 4) is 0 Å². The van der Waals surface area contributed by atoms with Gasteiger partial charge in [0, 0.05) is 25.9 Å². The Morgan fingerprint density at radius 1 is 1.53 bits per heavy atom. The van der Waals surface area contributed by atoms with E-state index in [1.807, 2.05) is 12.1 Å². The molecule has 4 heteroatoms. The standard InChI is InChI=1S/C13H20N2O2/c1-10(17)12-2-3-13(14-8-12)15-6-4-11(9-15)5-7-16/h2-3,8,10-11,16-17H,4-7,9H2,1H3.